The van der Waals surface area contributed by atoms with Gasteiger partial charge in [0.25, 0.3) is 0 Å². The summed E-state index contributed by atoms with van der Waals surface area (Å²) in [5.41, 5.74) is 1.52. The van der Waals surface area contributed by atoms with E-state index < -0.39 is 12.1 Å². The van der Waals surface area contributed by atoms with Crippen LogP contribution >= 0.6 is 22.6 Å². The fourth-order valence-electron chi connectivity index (χ4n) is 1.78. The quantitative estimate of drug-likeness (QED) is 0.614. The monoisotopic (exact) mass is 411 g/mol. The van der Waals surface area contributed by atoms with Crippen molar-refractivity contribution in [3.8, 4) is 0 Å². The summed E-state index contributed by atoms with van der Waals surface area (Å²) >= 11 is 2.09. The van der Waals surface area contributed by atoms with E-state index in [-0.39, 0.29) is 12.2 Å². The summed E-state index contributed by atoms with van der Waals surface area (Å²) in [6.07, 6.45) is -0.629. The molecule has 0 saturated heterocycles. The standard InChI is InChI=1S/C16H14INO4/c1-21-15(19)13-8-7-12(17)9-14(13)18-16(20)22-10-11-5-3-2-4-6-11/h2-9H,10H2,1H3,(H,18,20). The van der Waals surface area contributed by atoms with Crippen LogP contribution in [0.4, 0.5) is 10.5 Å². The minimum Gasteiger partial charge on any atom is -0.465 e. The highest BCUT2D eigenvalue weighted by Gasteiger charge is 2.15. The molecule has 0 heterocycles. The maximum Gasteiger partial charge on any atom is 0.411 e. The average molecular weight is 411 g/mol. The number of carbonyl (C=O) groups excluding carboxylic acids is 2. The van der Waals surface area contributed by atoms with Crippen molar-refractivity contribution in [2.24, 2.45) is 0 Å². The number of esters is 1. The van der Waals surface area contributed by atoms with Crippen LogP contribution in [-0.4, -0.2) is 19.2 Å². The Balaban J connectivity index is 2.04. The molecule has 2 rings (SSSR count). The van der Waals surface area contributed by atoms with Gasteiger partial charge < -0.3 is 9.47 Å². The van der Waals surface area contributed by atoms with Crippen LogP contribution in [0.25, 0.3) is 0 Å². The number of amides is 1. The Hall–Kier alpha value is -2.09. The largest absolute Gasteiger partial charge is 0.465 e. The Morgan fingerprint density at radius 2 is 1.86 bits per heavy atom. The summed E-state index contributed by atoms with van der Waals surface area (Å²) in [5, 5.41) is 2.57. The van der Waals surface area contributed by atoms with Gasteiger partial charge in [-0.15, -0.1) is 0 Å². The molecule has 22 heavy (non-hydrogen) atoms. The molecule has 2 aromatic carbocycles. The average Bonchev–Trinajstić information content (AvgIpc) is 2.53. The highest BCUT2D eigenvalue weighted by atomic mass is 127. The smallest absolute Gasteiger partial charge is 0.411 e. The number of nitrogens with one attached hydrogen (secondary N) is 1. The van der Waals surface area contributed by atoms with E-state index in [4.69, 9.17) is 9.47 Å². The van der Waals surface area contributed by atoms with Crippen molar-refractivity contribution in [1.29, 1.82) is 0 Å². The minimum atomic E-state index is -0.629. The third kappa shape index (κ3) is 4.45. The van der Waals surface area contributed by atoms with Crippen LogP contribution in [-0.2, 0) is 16.1 Å². The Morgan fingerprint density at radius 1 is 1.14 bits per heavy atom. The summed E-state index contributed by atoms with van der Waals surface area (Å²) in [7, 11) is 1.29. The van der Waals surface area contributed by atoms with Crippen molar-refractivity contribution in [3.63, 3.8) is 0 Å². The molecule has 1 N–H and O–H groups in total. The number of ether oxygens (including phenoxy) is 2. The number of methoxy groups -OCH3 is 1. The number of carbonyl (C=O) groups is 2. The first-order chi connectivity index (χ1) is 10.6. The summed E-state index contributed by atoms with van der Waals surface area (Å²) in [4.78, 5) is 23.6. The van der Waals surface area contributed by atoms with Gasteiger partial charge in [0.15, 0.2) is 0 Å². The molecular weight excluding hydrogens is 397 g/mol. The van der Waals surface area contributed by atoms with Gasteiger partial charge in [0.05, 0.1) is 18.4 Å². The molecule has 114 valence electrons. The maximum atomic E-state index is 11.9. The molecule has 0 fully saturated rings. The van der Waals surface area contributed by atoms with Crippen LogP contribution in [0.3, 0.4) is 0 Å². The highest BCUT2D eigenvalue weighted by molar-refractivity contribution is 14.1. The van der Waals surface area contributed by atoms with Crippen LogP contribution in [0.5, 0.6) is 0 Å². The zero-order valence-electron chi connectivity index (χ0n) is 11.8. The number of rotatable bonds is 4. The molecule has 0 radical (unpaired) electrons. The van der Waals surface area contributed by atoms with E-state index in [1.54, 1.807) is 18.2 Å². The Kier molecular flexibility index (Phi) is 5.76. The van der Waals surface area contributed by atoms with Gasteiger partial charge in [0.1, 0.15) is 6.61 Å². The molecule has 0 spiro atoms. The molecule has 0 aliphatic heterocycles. The van der Waals surface area contributed by atoms with E-state index >= 15 is 0 Å². The third-order valence-electron chi connectivity index (χ3n) is 2.84. The van der Waals surface area contributed by atoms with E-state index in [1.807, 2.05) is 30.3 Å². The lowest BCUT2D eigenvalue weighted by Crippen LogP contribution is -2.16. The number of halogens is 1. The zero-order chi connectivity index (χ0) is 15.9. The summed E-state index contributed by atoms with van der Waals surface area (Å²) in [5.74, 6) is -0.519. The van der Waals surface area contributed by atoms with Gasteiger partial charge in [-0.3, -0.25) is 5.32 Å². The fraction of sp³-hybridized carbons (Fsp3) is 0.125. The molecule has 0 unspecified atom stereocenters. The molecule has 6 heteroatoms. The van der Waals surface area contributed by atoms with Gasteiger partial charge >= 0.3 is 12.1 Å². The van der Waals surface area contributed by atoms with Crippen LogP contribution in [0.2, 0.25) is 0 Å². The Labute approximate surface area is 141 Å². The van der Waals surface area contributed by atoms with Gasteiger partial charge in [-0.1, -0.05) is 30.3 Å². The minimum absolute atomic E-state index is 0.157. The van der Waals surface area contributed by atoms with Crippen molar-refractivity contribution in [2.75, 3.05) is 12.4 Å². The van der Waals surface area contributed by atoms with Crippen LogP contribution in [0, 0.1) is 3.57 Å². The van der Waals surface area contributed by atoms with Crippen molar-refractivity contribution < 1.29 is 19.1 Å². The second-order valence-electron chi connectivity index (χ2n) is 4.37. The first-order valence-corrected chi connectivity index (χ1v) is 7.53. The molecule has 0 aliphatic carbocycles. The van der Waals surface area contributed by atoms with E-state index in [1.165, 1.54) is 7.11 Å². The van der Waals surface area contributed by atoms with Crippen molar-refractivity contribution in [3.05, 3.63) is 63.2 Å². The predicted molar refractivity (Wildman–Crippen MR) is 90.7 cm³/mol. The molecular formula is C16H14INO4. The fourth-order valence-corrected chi connectivity index (χ4v) is 2.27. The van der Waals surface area contributed by atoms with Gasteiger partial charge in [0, 0.05) is 3.57 Å². The number of hydrogen-bond acceptors (Lipinski definition) is 4. The summed E-state index contributed by atoms with van der Waals surface area (Å²) in [6.45, 7) is 0.157. The van der Waals surface area contributed by atoms with E-state index in [0.717, 1.165) is 9.13 Å². The van der Waals surface area contributed by atoms with Crippen molar-refractivity contribution >= 4 is 40.3 Å². The first-order valence-electron chi connectivity index (χ1n) is 6.45. The molecule has 1 amide bonds. The normalized spacial score (nSPS) is 9.91. The summed E-state index contributed by atoms with van der Waals surface area (Å²) in [6, 6.07) is 14.4. The molecule has 0 bridgehead atoms. The lowest BCUT2D eigenvalue weighted by Gasteiger charge is -2.11. The third-order valence-corrected chi connectivity index (χ3v) is 3.51. The maximum absolute atomic E-state index is 11.9. The van der Waals surface area contributed by atoms with Gasteiger partial charge in [-0.2, -0.15) is 0 Å². The SMILES string of the molecule is COC(=O)c1ccc(I)cc1NC(=O)OCc1ccccc1. The van der Waals surface area contributed by atoms with Crippen molar-refractivity contribution in [2.45, 2.75) is 6.61 Å². The second kappa shape index (κ2) is 7.79. The van der Waals surface area contributed by atoms with Gasteiger partial charge in [-0.05, 0) is 46.4 Å². The van der Waals surface area contributed by atoms with Crippen LogP contribution in [0.1, 0.15) is 15.9 Å². The van der Waals surface area contributed by atoms with E-state index in [2.05, 4.69) is 27.9 Å². The van der Waals surface area contributed by atoms with E-state index in [0.29, 0.717) is 5.69 Å². The van der Waals surface area contributed by atoms with E-state index in [9.17, 15) is 9.59 Å². The molecule has 0 saturated carbocycles. The Morgan fingerprint density at radius 3 is 2.55 bits per heavy atom. The first kappa shape index (κ1) is 16.3. The van der Waals surface area contributed by atoms with Gasteiger partial charge in [-0.25, -0.2) is 9.59 Å². The molecule has 2 aromatic rings. The topological polar surface area (TPSA) is 64.6 Å². The number of benzene rings is 2. The zero-order valence-corrected chi connectivity index (χ0v) is 14.0. The van der Waals surface area contributed by atoms with Crippen molar-refractivity contribution in [1.82, 2.24) is 0 Å². The summed E-state index contributed by atoms with van der Waals surface area (Å²) < 4.78 is 10.7. The number of anilines is 1. The second-order valence-corrected chi connectivity index (χ2v) is 5.61. The molecule has 0 aliphatic rings. The van der Waals surface area contributed by atoms with Gasteiger partial charge in [0.2, 0.25) is 0 Å². The van der Waals surface area contributed by atoms with Crippen LogP contribution < -0.4 is 5.32 Å². The lowest BCUT2D eigenvalue weighted by molar-refractivity contribution is 0.0602. The molecule has 0 aromatic heterocycles. The number of hydrogen-bond donors (Lipinski definition) is 1. The van der Waals surface area contributed by atoms with Crippen LogP contribution in [0.15, 0.2) is 48.5 Å². The lowest BCUT2D eigenvalue weighted by atomic mass is 10.2. The molecule has 0 atom stereocenters. The Bertz CT molecular complexity index is 673. The molecule has 5 nitrogen and oxygen atoms in total. The highest BCUT2D eigenvalue weighted by Crippen LogP contribution is 2.20. The predicted octanol–water partition coefficient (Wildman–Crippen LogP) is 3.83.